The molecule has 1 amide bonds. The van der Waals surface area contributed by atoms with Crippen molar-refractivity contribution in [3.05, 3.63) is 82.2 Å². The number of hydrogen-bond donors (Lipinski definition) is 2. The van der Waals surface area contributed by atoms with Crippen molar-refractivity contribution < 1.29 is 33.6 Å². The van der Waals surface area contributed by atoms with E-state index in [1.165, 1.54) is 28.7 Å². The standard InChI is InChI=1S/C22H22N8O4.Li/c1-28-13-18(20(27-28)22(33)34)25-21(32)15-4-2-3-14(9-15)11-30-19(31)6-5-17(26-30)16-10-24-29(12-16)8-7-23;/h2-6,9-10,12-13H,7-8,11,23H2,1H3,(H,25,32)(H,33,34);/q;+1/p-1. The average molecular weight is 468 g/mol. The van der Waals surface area contributed by atoms with Gasteiger partial charge in [-0.1, -0.05) is 12.1 Å². The molecule has 3 aromatic heterocycles. The van der Waals surface area contributed by atoms with Crippen LogP contribution in [0.3, 0.4) is 0 Å². The van der Waals surface area contributed by atoms with Crippen molar-refractivity contribution in [2.75, 3.05) is 11.9 Å². The Morgan fingerprint density at radius 1 is 1.14 bits per heavy atom. The van der Waals surface area contributed by atoms with E-state index in [1.807, 2.05) is 0 Å². The van der Waals surface area contributed by atoms with Gasteiger partial charge in [0.15, 0.2) is 0 Å². The van der Waals surface area contributed by atoms with Crippen molar-refractivity contribution in [3.8, 4) is 11.3 Å². The minimum Gasteiger partial charge on any atom is -0.543 e. The summed E-state index contributed by atoms with van der Waals surface area (Å²) in [7, 11) is 1.53. The number of carbonyl (C=O) groups is 2. The minimum absolute atomic E-state index is 0. The minimum atomic E-state index is -1.50. The Kier molecular flexibility index (Phi) is 8.03. The van der Waals surface area contributed by atoms with Crippen molar-refractivity contribution >= 4 is 17.6 Å². The molecule has 0 fully saturated rings. The monoisotopic (exact) mass is 468 g/mol. The molecule has 0 atom stereocenters. The van der Waals surface area contributed by atoms with Crippen LogP contribution in [-0.4, -0.2) is 47.8 Å². The zero-order chi connectivity index (χ0) is 24.2. The predicted octanol–water partition coefficient (Wildman–Crippen LogP) is -3.53. The van der Waals surface area contributed by atoms with Crippen LogP contribution >= 0.6 is 0 Å². The molecule has 4 aromatic rings. The van der Waals surface area contributed by atoms with Gasteiger partial charge in [0.05, 0.1) is 36.6 Å². The smallest absolute Gasteiger partial charge is 0.543 e. The van der Waals surface area contributed by atoms with Crippen molar-refractivity contribution in [2.24, 2.45) is 12.8 Å². The van der Waals surface area contributed by atoms with Crippen molar-refractivity contribution in [1.29, 1.82) is 0 Å². The number of aryl methyl sites for hydroxylation is 1. The molecular weight excluding hydrogens is 447 g/mol. The third-order valence-electron chi connectivity index (χ3n) is 4.95. The molecule has 3 heterocycles. The van der Waals surface area contributed by atoms with Gasteiger partial charge in [-0.15, -0.1) is 0 Å². The van der Waals surface area contributed by atoms with Gasteiger partial charge in [-0.3, -0.25) is 19.0 Å². The van der Waals surface area contributed by atoms with Crippen LogP contribution in [-0.2, 0) is 20.1 Å². The Hall–Kier alpha value is -3.98. The van der Waals surface area contributed by atoms with E-state index in [9.17, 15) is 19.5 Å². The number of nitrogens with two attached hydrogens (primary N) is 1. The Bertz CT molecular complexity index is 1420. The number of aromatic carboxylic acids is 1. The van der Waals surface area contributed by atoms with Gasteiger partial charge in [-0.25, -0.2) is 4.68 Å². The van der Waals surface area contributed by atoms with Crippen LogP contribution in [0, 0.1) is 0 Å². The van der Waals surface area contributed by atoms with Crippen LogP contribution in [0.1, 0.15) is 26.4 Å². The SMILES string of the molecule is Cn1cc(NC(=O)c2cccc(Cn3nc(-c4cnn(CCN)c4)ccc3=O)c2)c(C(=O)[O-])n1.[Li+]. The van der Waals surface area contributed by atoms with Gasteiger partial charge in [0.2, 0.25) is 0 Å². The maximum atomic E-state index is 12.7. The molecule has 0 aliphatic rings. The van der Waals surface area contributed by atoms with E-state index in [4.69, 9.17) is 5.73 Å². The summed E-state index contributed by atoms with van der Waals surface area (Å²) in [6, 6.07) is 9.64. The Balaban J connectivity index is 0.00000342. The number of anilines is 1. The Labute approximate surface area is 211 Å². The summed E-state index contributed by atoms with van der Waals surface area (Å²) in [5, 5.41) is 26.2. The number of benzene rings is 1. The molecule has 0 spiro atoms. The number of carboxylic acid groups (broad SMARTS) is 1. The topological polar surface area (TPSA) is 166 Å². The number of carbonyl (C=O) groups excluding carboxylic acids is 2. The normalized spacial score (nSPS) is 10.6. The third kappa shape index (κ3) is 5.93. The number of carboxylic acids is 1. The van der Waals surface area contributed by atoms with Gasteiger partial charge in [-0.05, 0) is 23.8 Å². The zero-order valence-corrected chi connectivity index (χ0v) is 19.2. The second-order valence-electron chi connectivity index (χ2n) is 7.50. The summed E-state index contributed by atoms with van der Waals surface area (Å²) < 4.78 is 4.26. The van der Waals surface area contributed by atoms with Gasteiger partial charge in [0, 0.05) is 43.2 Å². The van der Waals surface area contributed by atoms with Gasteiger partial charge < -0.3 is 21.0 Å². The van der Waals surface area contributed by atoms with E-state index >= 15 is 0 Å². The summed E-state index contributed by atoms with van der Waals surface area (Å²) in [6.45, 7) is 1.15. The zero-order valence-electron chi connectivity index (χ0n) is 19.2. The first-order valence-corrected chi connectivity index (χ1v) is 10.3. The second-order valence-corrected chi connectivity index (χ2v) is 7.50. The number of nitrogens with one attached hydrogen (secondary N) is 1. The number of nitrogens with zero attached hydrogens (tertiary/aromatic N) is 6. The molecule has 0 saturated heterocycles. The van der Waals surface area contributed by atoms with Crippen LogP contribution in [0.2, 0.25) is 0 Å². The quantitative estimate of drug-likeness (QED) is 0.251. The Morgan fingerprint density at radius 2 is 1.94 bits per heavy atom. The fourth-order valence-electron chi connectivity index (χ4n) is 3.38. The number of hydrogen-bond acceptors (Lipinski definition) is 8. The van der Waals surface area contributed by atoms with Crippen LogP contribution in [0.15, 0.2) is 59.8 Å². The molecule has 0 saturated carbocycles. The van der Waals surface area contributed by atoms with Crippen molar-refractivity contribution in [1.82, 2.24) is 29.3 Å². The van der Waals surface area contributed by atoms with Crippen LogP contribution in [0.4, 0.5) is 5.69 Å². The van der Waals surface area contributed by atoms with Crippen LogP contribution < -0.4 is 40.6 Å². The fourth-order valence-corrected chi connectivity index (χ4v) is 3.38. The molecule has 0 aliphatic carbocycles. The molecule has 13 heteroatoms. The first-order chi connectivity index (χ1) is 16.3. The van der Waals surface area contributed by atoms with E-state index in [0.29, 0.717) is 24.3 Å². The molecule has 1 aromatic carbocycles. The molecule has 35 heavy (non-hydrogen) atoms. The van der Waals surface area contributed by atoms with E-state index in [1.54, 1.807) is 47.4 Å². The predicted molar refractivity (Wildman–Crippen MR) is 120 cm³/mol. The summed E-state index contributed by atoms with van der Waals surface area (Å²) in [5.74, 6) is -2.03. The van der Waals surface area contributed by atoms with Gasteiger partial charge >= 0.3 is 18.9 Å². The number of aromatic nitrogens is 6. The van der Waals surface area contributed by atoms with E-state index < -0.39 is 11.9 Å². The molecule has 3 N–H and O–H groups in total. The largest absolute Gasteiger partial charge is 1.00 e. The molecule has 4 rings (SSSR count). The van der Waals surface area contributed by atoms with Gasteiger partial charge in [-0.2, -0.15) is 15.3 Å². The van der Waals surface area contributed by atoms with Crippen molar-refractivity contribution in [3.63, 3.8) is 0 Å². The maximum absolute atomic E-state index is 12.7. The Morgan fingerprint density at radius 3 is 2.69 bits per heavy atom. The third-order valence-corrected chi connectivity index (χ3v) is 4.95. The van der Waals surface area contributed by atoms with E-state index in [2.05, 4.69) is 20.6 Å². The van der Waals surface area contributed by atoms with Crippen molar-refractivity contribution in [2.45, 2.75) is 13.1 Å². The molecule has 0 radical (unpaired) electrons. The molecule has 0 bridgehead atoms. The van der Waals surface area contributed by atoms with E-state index in [0.717, 1.165) is 5.56 Å². The van der Waals surface area contributed by atoms with Gasteiger partial charge in [0.25, 0.3) is 11.5 Å². The summed E-state index contributed by atoms with van der Waals surface area (Å²) in [4.78, 5) is 36.3. The molecule has 0 unspecified atom stereocenters. The molecule has 0 aliphatic heterocycles. The van der Waals surface area contributed by atoms with Gasteiger partial charge in [0.1, 0.15) is 5.69 Å². The molecule has 12 nitrogen and oxygen atoms in total. The molecule has 174 valence electrons. The average Bonchev–Trinajstić information content (AvgIpc) is 3.42. The first-order valence-electron chi connectivity index (χ1n) is 10.3. The van der Waals surface area contributed by atoms with Crippen LogP contribution in [0.5, 0.6) is 0 Å². The second kappa shape index (κ2) is 11.0. The summed E-state index contributed by atoms with van der Waals surface area (Å²) in [5.41, 5.74) is 7.16. The fraction of sp³-hybridized carbons (Fsp3) is 0.182. The summed E-state index contributed by atoms with van der Waals surface area (Å²) in [6.07, 6.45) is 4.82. The van der Waals surface area contributed by atoms with E-state index in [-0.39, 0.29) is 47.9 Å². The van der Waals surface area contributed by atoms with Crippen LogP contribution in [0.25, 0.3) is 11.3 Å². The number of rotatable bonds is 8. The molecular formula is C22H21LiN8O4. The number of amides is 1. The first kappa shape index (κ1) is 25.6. The maximum Gasteiger partial charge on any atom is 1.00 e. The summed E-state index contributed by atoms with van der Waals surface area (Å²) >= 11 is 0.